The highest BCUT2D eigenvalue weighted by Crippen LogP contribution is 2.28. The number of unbranched alkanes of at least 4 members (excludes halogenated alkanes) is 1. The van der Waals surface area contributed by atoms with Crippen molar-refractivity contribution in [1.29, 1.82) is 0 Å². The third-order valence-electron chi connectivity index (χ3n) is 4.77. The molecule has 31 heavy (non-hydrogen) atoms. The molecule has 0 spiro atoms. The molecule has 2 rings (SSSR count). The number of allylic oxidation sites excluding steroid dienone is 1. The van der Waals surface area contributed by atoms with Gasteiger partial charge in [-0.05, 0) is 75.4 Å². The Hall–Kier alpha value is -2.95. The highest BCUT2D eigenvalue weighted by Gasteiger charge is 2.08. The molecule has 168 valence electrons. The zero-order valence-corrected chi connectivity index (χ0v) is 19.4. The van der Waals surface area contributed by atoms with E-state index in [0.29, 0.717) is 19.8 Å². The van der Waals surface area contributed by atoms with Gasteiger partial charge >= 0.3 is 0 Å². The van der Waals surface area contributed by atoms with Crippen molar-refractivity contribution in [3.8, 4) is 17.2 Å². The van der Waals surface area contributed by atoms with Crippen LogP contribution < -0.4 is 14.2 Å². The van der Waals surface area contributed by atoms with Crippen molar-refractivity contribution in [2.75, 3.05) is 26.9 Å². The lowest BCUT2D eigenvalue weighted by molar-refractivity contribution is 0.213. The summed E-state index contributed by atoms with van der Waals surface area (Å²) in [5, 5.41) is 4.08. The standard InChI is InChI=1S/C26H35NO4/c1-6-8-14-30-24-17-20(3)26(21(4)18-24)31-16-10-9-15-29-23-13-11-12-22(19-23)25(7-2)27-28-5/h6,8,11-13,17-19H,7,9-10,14-16H2,1-5H3/b8-6+,27-25+. The minimum absolute atomic E-state index is 0.581. The van der Waals surface area contributed by atoms with Gasteiger partial charge in [-0.25, -0.2) is 0 Å². The zero-order chi connectivity index (χ0) is 22.5. The molecule has 0 heterocycles. The third-order valence-corrected chi connectivity index (χ3v) is 4.77. The van der Waals surface area contributed by atoms with Gasteiger partial charge in [0.1, 0.15) is 31.0 Å². The van der Waals surface area contributed by atoms with Gasteiger partial charge in [0, 0.05) is 5.56 Å². The Bertz CT molecular complexity index is 850. The van der Waals surface area contributed by atoms with Gasteiger partial charge in [0.25, 0.3) is 0 Å². The zero-order valence-electron chi connectivity index (χ0n) is 19.4. The van der Waals surface area contributed by atoms with E-state index in [1.165, 1.54) is 0 Å². The van der Waals surface area contributed by atoms with E-state index < -0.39 is 0 Å². The van der Waals surface area contributed by atoms with Crippen molar-refractivity contribution in [2.45, 2.75) is 47.0 Å². The molecule has 5 heteroatoms. The Morgan fingerprint density at radius 2 is 1.65 bits per heavy atom. The fraction of sp³-hybridized carbons (Fsp3) is 0.423. The van der Waals surface area contributed by atoms with Gasteiger partial charge in [-0.3, -0.25) is 0 Å². The smallest absolute Gasteiger partial charge is 0.125 e. The number of nitrogens with zero attached hydrogens (tertiary/aromatic N) is 1. The highest BCUT2D eigenvalue weighted by atomic mass is 16.6. The number of aryl methyl sites for hydroxylation is 2. The molecular weight excluding hydrogens is 390 g/mol. The summed E-state index contributed by atoms with van der Waals surface area (Å²) in [5.74, 6) is 2.66. The van der Waals surface area contributed by atoms with E-state index in [9.17, 15) is 0 Å². The monoisotopic (exact) mass is 425 g/mol. The number of hydrogen-bond acceptors (Lipinski definition) is 5. The van der Waals surface area contributed by atoms with E-state index in [2.05, 4.69) is 25.9 Å². The number of rotatable bonds is 13. The van der Waals surface area contributed by atoms with Crippen LogP contribution >= 0.6 is 0 Å². The van der Waals surface area contributed by atoms with Crippen LogP contribution in [0.3, 0.4) is 0 Å². The van der Waals surface area contributed by atoms with E-state index in [4.69, 9.17) is 19.0 Å². The van der Waals surface area contributed by atoms with Crippen molar-refractivity contribution < 1.29 is 19.0 Å². The lowest BCUT2D eigenvalue weighted by Gasteiger charge is -2.14. The van der Waals surface area contributed by atoms with E-state index in [1.54, 1.807) is 7.11 Å². The van der Waals surface area contributed by atoms with Crippen LogP contribution in [0.15, 0.2) is 53.7 Å². The minimum Gasteiger partial charge on any atom is -0.494 e. The normalized spacial score (nSPS) is 11.6. The van der Waals surface area contributed by atoms with E-state index in [0.717, 1.165) is 58.9 Å². The molecule has 0 aliphatic rings. The van der Waals surface area contributed by atoms with Gasteiger partial charge in [-0.15, -0.1) is 0 Å². The second kappa shape index (κ2) is 13.4. The minimum atomic E-state index is 0.581. The van der Waals surface area contributed by atoms with Crippen molar-refractivity contribution in [2.24, 2.45) is 5.16 Å². The van der Waals surface area contributed by atoms with Crippen LogP contribution in [-0.4, -0.2) is 32.6 Å². The van der Waals surface area contributed by atoms with Gasteiger partial charge < -0.3 is 19.0 Å². The topological polar surface area (TPSA) is 49.3 Å². The summed E-state index contributed by atoms with van der Waals surface area (Å²) in [6.45, 7) is 10.0. The molecule has 0 N–H and O–H groups in total. The van der Waals surface area contributed by atoms with Crippen molar-refractivity contribution >= 4 is 5.71 Å². The largest absolute Gasteiger partial charge is 0.494 e. The average Bonchev–Trinajstić information content (AvgIpc) is 2.76. The Morgan fingerprint density at radius 3 is 2.29 bits per heavy atom. The first kappa shape index (κ1) is 24.3. The average molecular weight is 426 g/mol. The molecule has 5 nitrogen and oxygen atoms in total. The van der Waals surface area contributed by atoms with Crippen molar-refractivity contribution in [3.05, 3.63) is 65.2 Å². The van der Waals surface area contributed by atoms with Crippen LogP contribution in [0.4, 0.5) is 0 Å². The summed E-state index contributed by atoms with van der Waals surface area (Å²) in [5.41, 5.74) is 4.11. The van der Waals surface area contributed by atoms with Crippen molar-refractivity contribution in [1.82, 2.24) is 0 Å². The summed E-state index contributed by atoms with van der Waals surface area (Å²) in [6.07, 6.45) is 6.61. The predicted molar refractivity (Wildman–Crippen MR) is 127 cm³/mol. The number of ether oxygens (including phenoxy) is 3. The van der Waals surface area contributed by atoms with Crippen LogP contribution in [0.5, 0.6) is 17.2 Å². The van der Waals surface area contributed by atoms with Crippen LogP contribution in [0.25, 0.3) is 0 Å². The lowest BCUT2D eigenvalue weighted by Crippen LogP contribution is -2.05. The number of benzene rings is 2. The maximum Gasteiger partial charge on any atom is 0.125 e. The molecule has 0 saturated heterocycles. The Balaban J connectivity index is 1.77. The summed E-state index contributed by atoms with van der Waals surface area (Å²) in [7, 11) is 1.56. The summed E-state index contributed by atoms with van der Waals surface area (Å²) >= 11 is 0. The van der Waals surface area contributed by atoms with Gasteiger partial charge in [0.2, 0.25) is 0 Å². The molecule has 0 unspecified atom stereocenters. The van der Waals surface area contributed by atoms with Gasteiger partial charge in [-0.1, -0.05) is 36.4 Å². The first-order valence-electron chi connectivity index (χ1n) is 10.9. The number of oxime groups is 1. The molecule has 0 amide bonds. The maximum atomic E-state index is 6.04. The van der Waals surface area contributed by atoms with Crippen LogP contribution in [0, 0.1) is 13.8 Å². The number of hydrogen-bond donors (Lipinski definition) is 0. The molecule has 0 fully saturated rings. The van der Waals surface area contributed by atoms with Gasteiger partial charge in [0.05, 0.1) is 18.9 Å². The van der Waals surface area contributed by atoms with Crippen LogP contribution in [-0.2, 0) is 4.84 Å². The molecular formula is C26H35NO4. The van der Waals surface area contributed by atoms with Crippen LogP contribution in [0.2, 0.25) is 0 Å². The highest BCUT2D eigenvalue weighted by molar-refractivity contribution is 6.00. The first-order valence-corrected chi connectivity index (χ1v) is 10.9. The summed E-state index contributed by atoms with van der Waals surface area (Å²) < 4.78 is 17.7. The maximum absolute atomic E-state index is 6.04. The summed E-state index contributed by atoms with van der Waals surface area (Å²) in [6, 6.07) is 12.0. The SMILES string of the molecule is C/C=C/COc1cc(C)c(OCCCCOc2cccc(/C(CC)=N/OC)c2)c(C)c1. The third kappa shape index (κ3) is 8.00. The molecule has 0 aliphatic carbocycles. The molecule has 0 radical (unpaired) electrons. The van der Waals surface area contributed by atoms with Gasteiger partial charge in [-0.2, -0.15) is 0 Å². The molecule has 0 aliphatic heterocycles. The van der Waals surface area contributed by atoms with E-state index in [-0.39, 0.29) is 0 Å². The quantitative estimate of drug-likeness (QED) is 0.165. The van der Waals surface area contributed by atoms with E-state index in [1.807, 2.05) is 55.5 Å². The lowest BCUT2D eigenvalue weighted by atomic mass is 10.1. The predicted octanol–water partition coefficient (Wildman–Crippen LogP) is 6.26. The Labute approximate surface area is 186 Å². The second-order valence-electron chi connectivity index (χ2n) is 7.27. The van der Waals surface area contributed by atoms with Gasteiger partial charge in [0.15, 0.2) is 0 Å². The fourth-order valence-corrected chi connectivity index (χ4v) is 3.23. The molecule has 0 saturated carbocycles. The molecule has 2 aromatic rings. The fourth-order valence-electron chi connectivity index (χ4n) is 3.23. The van der Waals surface area contributed by atoms with E-state index >= 15 is 0 Å². The Kier molecular flexibility index (Phi) is 10.5. The second-order valence-corrected chi connectivity index (χ2v) is 7.27. The Morgan fingerprint density at radius 1 is 0.935 bits per heavy atom. The molecule has 2 aromatic carbocycles. The molecule has 0 bridgehead atoms. The first-order chi connectivity index (χ1) is 15.1. The molecule has 0 atom stereocenters. The molecule has 0 aromatic heterocycles. The van der Waals surface area contributed by atoms with Crippen LogP contribution in [0.1, 0.15) is 49.8 Å². The summed E-state index contributed by atoms with van der Waals surface area (Å²) in [4.78, 5) is 4.92. The van der Waals surface area contributed by atoms with Crippen molar-refractivity contribution in [3.63, 3.8) is 0 Å².